The van der Waals surface area contributed by atoms with Crippen LogP contribution in [-0.2, 0) is 9.53 Å². The molecule has 21 heavy (non-hydrogen) atoms. The predicted molar refractivity (Wildman–Crippen MR) is 85.9 cm³/mol. The van der Waals surface area contributed by atoms with Crippen LogP contribution < -0.4 is 5.32 Å². The smallest absolute Gasteiger partial charge is 0.333 e. The lowest BCUT2D eigenvalue weighted by Gasteiger charge is -2.20. The number of carbonyl (C=O) groups excluding carboxylic acids is 1. The van der Waals surface area contributed by atoms with Crippen LogP contribution in [0.25, 0.3) is 0 Å². The second-order valence-electron chi connectivity index (χ2n) is 4.34. The van der Waals surface area contributed by atoms with Crippen molar-refractivity contribution in [2.24, 2.45) is 0 Å². The second-order valence-corrected chi connectivity index (χ2v) is 5.15. The zero-order chi connectivity index (χ0) is 15.2. The fraction of sp³-hybridized carbons (Fsp3) is 0.188. The molecule has 110 valence electrons. The number of carbonyl (C=O) groups is 1. The molecule has 0 heterocycles. The SMILES string of the molecule is CCOC(=O)C(Nc1c(Cl)cccc1Cl)c1ccccc1. The van der Waals surface area contributed by atoms with Crippen molar-refractivity contribution >= 4 is 34.9 Å². The van der Waals surface area contributed by atoms with Crippen LogP contribution >= 0.6 is 23.2 Å². The van der Waals surface area contributed by atoms with Crippen molar-refractivity contribution in [1.29, 1.82) is 0 Å². The van der Waals surface area contributed by atoms with E-state index < -0.39 is 6.04 Å². The Kier molecular flexibility index (Phi) is 5.48. The molecule has 0 radical (unpaired) electrons. The van der Waals surface area contributed by atoms with Crippen LogP contribution in [0, 0.1) is 0 Å². The van der Waals surface area contributed by atoms with E-state index in [4.69, 9.17) is 27.9 Å². The minimum atomic E-state index is -0.663. The minimum Gasteiger partial charge on any atom is -0.464 e. The summed E-state index contributed by atoms with van der Waals surface area (Å²) in [4.78, 5) is 12.2. The number of hydrogen-bond donors (Lipinski definition) is 1. The molecule has 2 aromatic carbocycles. The summed E-state index contributed by atoms with van der Waals surface area (Å²) < 4.78 is 5.12. The van der Waals surface area contributed by atoms with Gasteiger partial charge in [0.25, 0.3) is 0 Å². The highest BCUT2D eigenvalue weighted by atomic mass is 35.5. The summed E-state index contributed by atoms with van der Waals surface area (Å²) in [6.07, 6.45) is 0. The van der Waals surface area contributed by atoms with Crippen LogP contribution in [0.3, 0.4) is 0 Å². The maximum absolute atomic E-state index is 12.2. The standard InChI is InChI=1S/C16H15Cl2NO2/c1-2-21-16(20)14(11-7-4-3-5-8-11)19-15-12(17)9-6-10-13(15)18/h3-10,14,19H,2H2,1H3. The van der Waals surface area contributed by atoms with Crippen molar-refractivity contribution in [2.75, 3.05) is 11.9 Å². The van der Waals surface area contributed by atoms with Gasteiger partial charge in [0.2, 0.25) is 0 Å². The number of esters is 1. The molecule has 5 heteroatoms. The van der Waals surface area contributed by atoms with Gasteiger partial charge in [0, 0.05) is 0 Å². The second kappa shape index (κ2) is 7.34. The van der Waals surface area contributed by atoms with Gasteiger partial charge in [0.05, 0.1) is 22.3 Å². The number of hydrogen-bond acceptors (Lipinski definition) is 3. The molecule has 2 aromatic rings. The van der Waals surface area contributed by atoms with E-state index in [-0.39, 0.29) is 5.97 Å². The molecule has 2 rings (SSSR count). The molecule has 0 fully saturated rings. The number of halogens is 2. The first-order valence-corrected chi connectivity index (χ1v) is 7.31. The van der Waals surface area contributed by atoms with Crippen LogP contribution in [0.2, 0.25) is 10.0 Å². The van der Waals surface area contributed by atoms with E-state index in [0.717, 1.165) is 5.56 Å². The van der Waals surface area contributed by atoms with Crippen molar-refractivity contribution in [3.8, 4) is 0 Å². The zero-order valence-electron chi connectivity index (χ0n) is 11.5. The molecule has 0 saturated carbocycles. The number of rotatable bonds is 5. The summed E-state index contributed by atoms with van der Waals surface area (Å²) in [5, 5.41) is 3.98. The third-order valence-electron chi connectivity index (χ3n) is 2.91. The molecule has 0 aromatic heterocycles. The van der Waals surface area contributed by atoms with E-state index in [9.17, 15) is 4.79 Å². The summed E-state index contributed by atoms with van der Waals surface area (Å²) in [7, 11) is 0. The van der Waals surface area contributed by atoms with Crippen LogP contribution in [0.5, 0.6) is 0 Å². The quantitative estimate of drug-likeness (QED) is 0.810. The van der Waals surface area contributed by atoms with E-state index in [0.29, 0.717) is 22.3 Å². The lowest BCUT2D eigenvalue weighted by Crippen LogP contribution is -2.23. The maximum atomic E-state index is 12.2. The Bertz CT molecular complexity index is 597. The lowest BCUT2D eigenvalue weighted by atomic mass is 10.1. The molecule has 3 nitrogen and oxygen atoms in total. The van der Waals surface area contributed by atoms with Crippen LogP contribution in [0.1, 0.15) is 18.5 Å². The highest BCUT2D eigenvalue weighted by molar-refractivity contribution is 6.39. The molecule has 1 N–H and O–H groups in total. The van der Waals surface area contributed by atoms with Crippen molar-refractivity contribution in [2.45, 2.75) is 13.0 Å². The van der Waals surface area contributed by atoms with Crippen molar-refractivity contribution in [3.63, 3.8) is 0 Å². The topological polar surface area (TPSA) is 38.3 Å². The normalized spacial score (nSPS) is 11.8. The molecule has 1 unspecified atom stereocenters. The number of ether oxygens (including phenoxy) is 1. The Balaban J connectivity index is 2.35. The predicted octanol–water partition coefficient (Wildman–Crippen LogP) is 4.71. The molecule has 0 amide bonds. The molecule has 0 bridgehead atoms. The third-order valence-corrected chi connectivity index (χ3v) is 3.54. The van der Waals surface area contributed by atoms with Gasteiger partial charge >= 0.3 is 5.97 Å². The van der Waals surface area contributed by atoms with Gasteiger partial charge in [-0.3, -0.25) is 0 Å². The van der Waals surface area contributed by atoms with E-state index in [1.54, 1.807) is 25.1 Å². The Morgan fingerprint density at radius 2 is 1.71 bits per heavy atom. The average molecular weight is 324 g/mol. The molecular formula is C16H15Cl2NO2. The van der Waals surface area contributed by atoms with Gasteiger partial charge in [-0.25, -0.2) is 4.79 Å². The molecule has 1 atom stereocenters. The van der Waals surface area contributed by atoms with Gasteiger partial charge in [-0.05, 0) is 24.6 Å². The van der Waals surface area contributed by atoms with Crippen LogP contribution in [0.4, 0.5) is 5.69 Å². The molecule has 0 saturated heterocycles. The highest BCUT2D eigenvalue weighted by Gasteiger charge is 2.23. The van der Waals surface area contributed by atoms with Crippen molar-refractivity contribution in [3.05, 3.63) is 64.1 Å². The Morgan fingerprint density at radius 1 is 1.10 bits per heavy atom. The van der Waals surface area contributed by atoms with Gasteiger partial charge in [0.1, 0.15) is 0 Å². The first kappa shape index (κ1) is 15.7. The molecule has 0 aliphatic heterocycles. The summed E-state index contributed by atoms with van der Waals surface area (Å²) in [5.41, 5.74) is 1.30. The van der Waals surface area contributed by atoms with Gasteiger partial charge in [0.15, 0.2) is 6.04 Å². The van der Waals surface area contributed by atoms with E-state index in [1.165, 1.54) is 0 Å². The van der Waals surface area contributed by atoms with Crippen molar-refractivity contribution < 1.29 is 9.53 Å². The molecule has 0 spiro atoms. The number of benzene rings is 2. The van der Waals surface area contributed by atoms with Crippen LogP contribution in [0.15, 0.2) is 48.5 Å². The highest BCUT2D eigenvalue weighted by Crippen LogP contribution is 2.33. The maximum Gasteiger partial charge on any atom is 0.333 e. The Labute approximate surface area is 133 Å². The Hall–Kier alpha value is -1.71. The summed E-state index contributed by atoms with van der Waals surface area (Å²) in [6.45, 7) is 2.07. The van der Waals surface area contributed by atoms with E-state index in [1.807, 2.05) is 30.3 Å². The third kappa shape index (κ3) is 3.90. The summed E-state index contributed by atoms with van der Waals surface area (Å²) in [6, 6.07) is 13.8. The largest absolute Gasteiger partial charge is 0.464 e. The molecular weight excluding hydrogens is 309 g/mol. The summed E-state index contributed by atoms with van der Waals surface area (Å²) >= 11 is 12.3. The zero-order valence-corrected chi connectivity index (χ0v) is 13.0. The van der Waals surface area contributed by atoms with E-state index in [2.05, 4.69) is 5.32 Å². The first-order valence-electron chi connectivity index (χ1n) is 6.55. The van der Waals surface area contributed by atoms with Crippen LogP contribution in [-0.4, -0.2) is 12.6 Å². The monoisotopic (exact) mass is 323 g/mol. The number of para-hydroxylation sites is 1. The van der Waals surface area contributed by atoms with Gasteiger partial charge in [-0.2, -0.15) is 0 Å². The fourth-order valence-corrected chi connectivity index (χ4v) is 2.44. The number of anilines is 1. The van der Waals surface area contributed by atoms with Gasteiger partial charge in [-0.1, -0.05) is 59.6 Å². The summed E-state index contributed by atoms with van der Waals surface area (Å²) in [5.74, 6) is -0.375. The molecule has 0 aliphatic carbocycles. The minimum absolute atomic E-state index is 0.306. The first-order chi connectivity index (χ1) is 10.1. The number of nitrogens with one attached hydrogen (secondary N) is 1. The molecule has 0 aliphatic rings. The lowest BCUT2D eigenvalue weighted by molar-refractivity contribution is -0.144. The fourth-order valence-electron chi connectivity index (χ4n) is 1.93. The average Bonchev–Trinajstić information content (AvgIpc) is 2.48. The van der Waals surface area contributed by atoms with Crippen molar-refractivity contribution in [1.82, 2.24) is 0 Å². The Morgan fingerprint density at radius 3 is 2.29 bits per heavy atom. The van der Waals surface area contributed by atoms with E-state index >= 15 is 0 Å². The van der Waals surface area contributed by atoms with Gasteiger partial charge in [-0.15, -0.1) is 0 Å². The van der Waals surface area contributed by atoms with Gasteiger partial charge < -0.3 is 10.1 Å².